The Morgan fingerprint density at radius 3 is 2.84 bits per heavy atom. The third-order valence-electron chi connectivity index (χ3n) is 4.28. The topological polar surface area (TPSA) is 29.9 Å². The van der Waals surface area contributed by atoms with Gasteiger partial charge in [0, 0.05) is 31.1 Å². The molecular weight excluding hydrogens is 234 g/mol. The van der Waals surface area contributed by atoms with Gasteiger partial charge < -0.3 is 5.32 Å². The molecule has 19 heavy (non-hydrogen) atoms. The molecule has 1 aliphatic rings. The molecule has 1 aromatic carbocycles. The molecule has 2 unspecified atom stereocenters. The molecule has 0 aliphatic heterocycles. The summed E-state index contributed by atoms with van der Waals surface area (Å²) in [6.45, 7) is 2.05. The minimum absolute atomic E-state index is 0.490. The number of fused-ring (bicyclic) bond motifs is 1. The maximum absolute atomic E-state index is 4.43. The zero-order valence-corrected chi connectivity index (χ0v) is 11.9. The Morgan fingerprint density at radius 2 is 2.21 bits per heavy atom. The highest BCUT2D eigenvalue weighted by atomic mass is 15.3. The predicted octanol–water partition coefficient (Wildman–Crippen LogP) is 2.20. The van der Waals surface area contributed by atoms with Crippen molar-refractivity contribution in [2.45, 2.75) is 31.7 Å². The molecular formula is C16H21N3. The molecule has 0 saturated heterocycles. The Bertz CT molecular complexity index is 585. The quantitative estimate of drug-likeness (QED) is 0.907. The highest BCUT2D eigenvalue weighted by Gasteiger charge is 2.32. The molecule has 100 valence electrons. The molecule has 0 spiro atoms. The molecule has 1 aromatic heterocycles. The van der Waals surface area contributed by atoms with Gasteiger partial charge in [-0.3, -0.25) is 4.68 Å². The van der Waals surface area contributed by atoms with Crippen LogP contribution < -0.4 is 5.32 Å². The second-order valence-electron chi connectivity index (χ2n) is 5.51. The first kappa shape index (κ1) is 12.4. The normalized spacial score (nSPS) is 18.8. The van der Waals surface area contributed by atoms with Gasteiger partial charge in [-0.1, -0.05) is 24.3 Å². The van der Waals surface area contributed by atoms with Crippen molar-refractivity contribution in [2.24, 2.45) is 7.05 Å². The molecule has 1 aliphatic carbocycles. The van der Waals surface area contributed by atoms with E-state index in [0.29, 0.717) is 12.0 Å². The smallest absolute Gasteiger partial charge is 0.0596 e. The number of benzene rings is 1. The third-order valence-corrected chi connectivity index (χ3v) is 4.28. The highest BCUT2D eigenvalue weighted by molar-refractivity contribution is 5.41. The van der Waals surface area contributed by atoms with Crippen molar-refractivity contribution >= 4 is 0 Å². The maximum atomic E-state index is 4.43. The summed E-state index contributed by atoms with van der Waals surface area (Å²) in [7, 11) is 4.10. The molecule has 0 fully saturated rings. The van der Waals surface area contributed by atoms with Crippen molar-refractivity contribution in [3.8, 4) is 0 Å². The van der Waals surface area contributed by atoms with E-state index in [0.717, 1.165) is 12.1 Å². The Hall–Kier alpha value is -1.61. The van der Waals surface area contributed by atoms with Crippen LogP contribution in [0.25, 0.3) is 0 Å². The van der Waals surface area contributed by atoms with Crippen LogP contribution in [0.3, 0.4) is 0 Å². The van der Waals surface area contributed by atoms with Gasteiger partial charge in [-0.2, -0.15) is 5.10 Å². The number of likely N-dealkylation sites (N-methyl/N-ethyl adjacent to an activating group) is 1. The molecule has 3 heteroatoms. The number of aromatic nitrogens is 2. The molecule has 1 heterocycles. The lowest BCUT2D eigenvalue weighted by Gasteiger charge is -2.36. The van der Waals surface area contributed by atoms with E-state index in [-0.39, 0.29) is 0 Å². The van der Waals surface area contributed by atoms with Crippen molar-refractivity contribution in [1.82, 2.24) is 15.1 Å². The monoisotopic (exact) mass is 255 g/mol. The second-order valence-corrected chi connectivity index (χ2v) is 5.51. The number of nitrogens with zero attached hydrogens (tertiary/aromatic N) is 2. The summed E-state index contributed by atoms with van der Waals surface area (Å²) in [5.74, 6) is 0.636. The van der Waals surface area contributed by atoms with Crippen molar-refractivity contribution < 1.29 is 0 Å². The SMILES string of the molecule is CNC(Cc1cc(C)nn1C)C1Cc2ccccc21. The van der Waals surface area contributed by atoms with E-state index < -0.39 is 0 Å². The summed E-state index contributed by atoms with van der Waals surface area (Å²) in [6.07, 6.45) is 2.23. The molecule has 0 radical (unpaired) electrons. The van der Waals surface area contributed by atoms with Gasteiger partial charge in [0.1, 0.15) is 0 Å². The highest BCUT2D eigenvalue weighted by Crippen LogP contribution is 2.38. The lowest BCUT2D eigenvalue weighted by atomic mass is 9.72. The Morgan fingerprint density at radius 1 is 1.42 bits per heavy atom. The summed E-state index contributed by atoms with van der Waals surface area (Å²) >= 11 is 0. The number of aryl methyl sites for hydroxylation is 2. The van der Waals surface area contributed by atoms with Crippen LogP contribution in [0.2, 0.25) is 0 Å². The second kappa shape index (κ2) is 4.82. The van der Waals surface area contributed by atoms with E-state index in [2.05, 4.69) is 54.7 Å². The molecule has 3 nitrogen and oxygen atoms in total. The standard InChI is InChI=1S/C16H21N3/c1-11-8-13(19(3)18-11)10-16(17-2)15-9-12-6-4-5-7-14(12)15/h4-8,15-17H,9-10H2,1-3H3. The summed E-state index contributed by atoms with van der Waals surface area (Å²) < 4.78 is 2.00. The van der Waals surface area contributed by atoms with Gasteiger partial charge in [-0.25, -0.2) is 0 Å². The van der Waals surface area contributed by atoms with Crippen LogP contribution in [0, 0.1) is 6.92 Å². The number of rotatable bonds is 4. The van der Waals surface area contributed by atoms with Gasteiger partial charge in [-0.15, -0.1) is 0 Å². The molecule has 3 rings (SSSR count). The van der Waals surface area contributed by atoms with E-state index in [1.807, 2.05) is 11.7 Å². The molecule has 2 atom stereocenters. The zero-order chi connectivity index (χ0) is 13.4. The molecule has 2 aromatic rings. The predicted molar refractivity (Wildman–Crippen MR) is 77.4 cm³/mol. The first-order chi connectivity index (χ1) is 9.19. The van der Waals surface area contributed by atoms with Crippen LogP contribution in [0.15, 0.2) is 30.3 Å². The summed E-state index contributed by atoms with van der Waals surface area (Å²) in [5.41, 5.74) is 5.43. The minimum Gasteiger partial charge on any atom is -0.316 e. The summed E-state index contributed by atoms with van der Waals surface area (Å²) in [4.78, 5) is 0. The van der Waals surface area contributed by atoms with E-state index in [1.54, 1.807) is 0 Å². The summed E-state index contributed by atoms with van der Waals surface area (Å²) in [5, 5.41) is 7.92. The maximum Gasteiger partial charge on any atom is 0.0596 e. The van der Waals surface area contributed by atoms with Crippen LogP contribution in [0.5, 0.6) is 0 Å². The average molecular weight is 255 g/mol. The minimum atomic E-state index is 0.490. The van der Waals surface area contributed by atoms with Gasteiger partial charge in [-0.05, 0) is 37.6 Å². The van der Waals surface area contributed by atoms with Crippen molar-refractivity contribution in [3.05, 3.63) is 52.8 Å². The van der Waals surface area contributed by atoms with Gasteiger partial charge in [0.15, 0.2) is 0 Å². The van der Waals surface area contributed by atoms with Crippen LogP contribution >= 0.6 is 0 Å². The van der Waals surface area contributed by atoms with Crippen LogP contribution in [-0.2, 0) is 19.9 Å². The van der Waals surface area contributed by atoms with Crippen LogP contribution in [0.4, 0.5) is 0 Å². The van der Waals surface area contributed by atoms with E-state index in [1.165, 1.54) is 23.2 Å². The Balaban J connectivity index is 1.78. The van der Waals surface area contributed by atoms with Crippen molar-refractivity contribution in [1.29, 1.82) is 0 Å². The lowest BCUT2D eigenvalue weighted by molar-refractivity contribution is 0.414. The lowest BCUT2D eigenvalue weighted by Crippen LogP contribution is -2.40. The molecule has 1 N–H and O–H groups in total. The third kappa shape index (κ3) is 2.19. The fraction of sp³-hybridized carbons (Fsp3) is 0.438. The molecule has 0 bridgehead atoms. The first-order valence-corrected chi connectivity index (χ1v) is 6.93. The van der Waals surface area contributed by atoms with Crippen LogP contribution in [0.1, 0.15) is 28.4 Å². The number of nitrogens with one attached hydrogen (secondary N) is 1. The Labute approximate surface area is 114 Å². The van der Waals surface area contributed by atoms with Crippen molar-refractivity contribution in [3.63, 3.8) is 0 Å². The fourth-order valence-electron chi connectivity index (χ4n) is 3.18. The van der Waals surface area contributed by atoms with E-state index >= 15 is 0 Å². The molecule has 0 amide bonds. The Kier molecular flexibility index (Phi) is 3.15. The zero-order valence-electron chi connectivity index (χ0n) is 11.9. The molecule has 0 saturated carbocycles. The van der Waals surface area contributed by atoms with Gasteiger partial charge >= 0.3 is 0 Å². The van der Waals surface area contributed by atoms with Gasteiger partial charge in [0.05, 0.1) is 5.69 Å². The van der Waals surface area contributed by atoms with E-state index in [9.17, 15) is 0 Å². The average Bonchev–Trinajstić information content (AvgIpc) is 2.68. The number of hydrogen-bond donors (Lipinski definition) is 1. The van der Waals surface area contributed by atoms with Gasteiger partial charge in [0.2, 0.25) is 0 Å². The summed E-state index contributed by atoms with van der Waals surface area (Å²) in [6, 6.07) is 11.5. The fourth-order valence-corrected chi connectivity index (χ4v) is 3.18. The first-order valence-electron chi connectivity index (χ1n) is 6.93. The van der Waals surface area contributed by atoms with Crippen molar-refractivity contribution in [2.75, 3.05) is 7.05 Å². The largest absolute Gasteiger partial charge is 0.316 e. The number of hydrogen-bond acceptors (Lipinski definition) is 2. The van der Waals surface area contributed by atoms with Crippen LogP contribution in [-0.4, -0.2) is 22.9 Å². The van der Waals surface area contributed by atoms with E-state index in [4.69, 9.17) is 0 Å². The van der Waals surface area contributed by atoms with Gasteiger partial charge in [0.25, 0.3) is 0 Å².